The van der Waals surface area contributed by atoms with Crippen molar-refractivity contribution in [3.63, 3.8) is 0 Å². The van der Waals surface area contributed by atoms with Crippen molar-refractivity contribution in [2.45, 2.75) is 45.8 Å². The Morgan fingerprint density at radius 2 is 1.88 bits per heavy atom. The largest absolute Gasteiger partial charge is 0.479 e. The van der Waals surface area contributed by atoms with E-state index < -0.39 is 12.1 Å². The van der Waals surface area contributed by atoms with Gasteiger partial charge in [-0.15, -0.1) is 0 Å². The van der Waals surface area contributed by atoms with Gasteiger partial charge >= 0.3 is 5.97 Å². The maximum atomic E-state index is 12.9. The van der Waals surface area contributed by atoms with E-state index in [0.717, 1.165) is 24.2 Å². The van der Waals surface area contributed by atoms with Crippen LogP contribution in [0.4, 0.5) is 4.39 Å². The molecule has 26 heavy (non-hydrogen) atoms. The van der Waals surface area contributed by atoms with Gasteiger partial charge in [0.25, 0.3) is 0 Å². The maximum absolute atomic E-state index is 12.9. The van der Waals surface area contributed by atoms with Crippen LogP contribution in [0.3, 0.4) is 0 Å². The summed E-state index contributed by atoms with van der Waals surface area (Å²) in [5.74, 6) is -0.900. The zero-order valence-corrected chi connectivity index (χ0v) is 15.1. The van der Waals surface area contributed by atoms with Crippen LogP contribution >= 0.6 is 0 Å². The van der Waals surface area contributed by atoms with Crippen molar-refractivity contribution in [3.8, 4) is 5.75 Å². The molecular weight excluding hydrogens is 337 g/mol. The highest BCUT2D eigenvalue weighted by molar-refractivity contribution is 5.99. The first kappa shape index (κ1) is 18.2. The molecular formula is C20H22FNO4. The number of nitrogens with zero attached hydrogens (tertiary/aromatic N) is 1. The summed E-state index contributed by atoms with van der Waals surface area (Å²) >= 11 is 0. The van der Waals surface area contributed by atoms with Gasteiger partial charge in [-0.2, -0.15) is 0 Å². The second-order valence-electron chi connectivity index (χ2n) is 6.63. The van der Waals surface area contributed by atoms with E-state index in [9.17, 15) is 14.0 Å². The van der Waals surface area contributed by atoms with E-state index in [1.165, 1.54) is 31.2 Å². The second-order valence-corrected chi connectivity index (χ2v) is 6.63. The third-order valence-corrected chi connectivity index (χ3v) is 4.50. The topological polar surface area (TPSA) is 57.5 Å². The fourth-order valence-electron chi connectivity index (χ4n) is 3.05. The van der Waals surface area contributed by atoms with Gasteiger partial charge in [-0.3, -0.25) is 4.79 Å². The molecule has 1 aliphatic rings. The highest BCUT2D eigenvalue weighted by Gasteiger charge is 2.28. The van der Waals surface area contributed by atoms with E-state index in [1.807, 2.05) is 19.9 Å². The Balaban J connectivity index is 1.56. The Morgan fingerprint density at radius 1 is 1.23 bits per heavy atom. The molecule has 0 spiro atoms. The summed E-state index contributed by atoms with van der Waals surface area (Å²) in [5, 5.41) is 0. The molecule has 2 aromatic rings. The molecule has 1 aromatic heterocycles. The molecule has 0 unspecified atom stereocenters. The predicted molar refractivity (Wildman–Crippen MR) is 94.0 cm³/mol. The number of ketones is 1. The van der Waals surface area contributed by atoms with E-state index in [4.69, 9.17) is 9.47 Å². The molecule has 0 bridgehead atoms. The molecule has 1 saturated carbocycles. The molecule has 1 heterocycles. The van der Waals surface area contributed by atoms with Crippen LogP contribution in [0, 0.1) is 19.7 Å². The number of ether oxygens (including phenoxy) is 2. The van der Waals surface area contributed by atoms with Gasteiger partial charge in [0, 0.05) is 23.0 Å². The van der Waals surface area contributed by atoms with Crippen molar-refractivity contribution in [2.24, 2.45) is 0 Å². The van der Waals surface area contributed by atoms with E-state index in [1.54, 1.807) is 0 Å². The fraction of sp³-hybridized carbons (Fsp3) is 0.400. The Labute approximate surface area is 151 Å². The zero-order chi connectivity index (χ0) is 18.8. The Bertz CT molecular complexity index is 821. The first-order chi connectivity index (χ1) is 12.4. The Kier molecular flexibility index (Phi) is 5.11. The second kappa shape index (κ2) is 7.32. The van der Waals surface area contributed by atoms with Crippen molar-refractivity contribution in [3.05, 3.63) is 53.1 Å². The lowest BCUT2D eigenvalue weighted by Crippen LogP contribution is -2.28. The average Bonchev–Trinajstić information content (AvgIpc) is 3.39. The van der Waals surface area contributed by atoms with Crippen LogP contribution in [0.15, 0.2) is 30.3 Å². The van der Waals surface area contributed by atoms with Gasteiger partial charge in [0.1, 0.15) is 11.6 Å². The van der Waals surface area contributed by atoms with Gasteiger partial charge in [-0.25, -0.2) is 9.18 Å². The first-order valence-electron chi connectivity index (χ1n) is 8.67. The normalized spacial score (nSPS) is 14.8. The van der Waals surface area contributed by atoms with Crippen LogP contribution in [0.2, 0.25) is 0 Å². The molecule has 1 atom stereocenters. The minimum absolute atomic E-state index is 0.229. The number of carbonyl (C=O) groups is 2. The van der Waals surface area contributed by atoms with Crippen LogP contribution in [0.25, 0.3) is 0 Å². The van der Waals surface area contributed by atoms with Gasteiger partial charge in [0.05, 0.1) is 0 Å². The van der Waals surface area contributed by atoms with Gasteiger partial charge < -0.3 is 14.0 Å². The summed E-state index contributed by atoms with van der Waals surface area (Å²) in [6, 6.07) is 7.68. The van der Waals surface area contributed by atoms with Crippen LogP contribution < -0.4 is 4.74 Å². The molecule has 0 radical (unpaired) electrons. The molecule has 0 saturated heterocycles. The Hall–Kier alpha value is -2.63. The Morgan fingerprint density at radius 3 is 2.50 bits per heavy atom. The number of hydrogen-bond acceptors (Lipinski definition) is 4. The molecule has 0 aliphatic heterocycles. The number of carbonyl (C=O) groups excluding carboxylic acids is 2. The molecule has 1 aromatic carbocycles. The third kappa shape index (κ3) is 3.95. The predicted octanol–water partition coefficient (Wildman–Crippen LogP) is 3.77. The lowest BCUT2D eigenvalue weighted by molar-refractivity contribution is -0.149. The number of rotatable bonds is 7. The molecule has 0 amide bonds. The highest BCUT2D eigenvalue weighted by Crippen LogP contribution is 2.38. The van der Waals surface area contributed by atoms with Crippen molar-refractivity contribution >= 4 is 11.8 Å². The number of hydrogen-bond donors (Lipinski definition) is 0. The van der Waals surface area contributed by atoms with Gasteiger partial charge in [0.15, 0.2) is 12.7 Å². The summed E-state index contributed by atoms with van der Waals surface area (Å²) in [5.41, 5.74) is 2.56. The lowest BCUT2D eigenvalue weighted by atomic mass is 10.1. The van der Waals surface area contributed by atoms with E-state index >= 15 is 0 Å². The highest BCUT2D eigenvalue weighted by atomic mass is 19.1. The fourth-order valence-corrected chi connectivity index (χ4v) is 3.05. The van der Waals surface area contributed by atoms with Gasteiger partial charge in [0.2, 0.25) is 5.78 Å². The van der Waals surface area contributed by atoms with E-state index in [-0.39, 0.29) is 18.2 Å². The zero-order valence-electron chi connectivity index (χ0n) is 15.1. The van der Waals surface area contributed by atoms with Crippen LogP contribution in [-0.4, -0.2) is 29.0 Å². The van der Waals surface area contributed by atoms with Crippen molar-refractivity contribution < 1.29 is 23.5 Å². The summed E-state index contributed by atoms with van der Waals surface area (Å²) in [7, 11) is 0. The number of Topliss-reactive ketones (excluding diaryl/α,β-unsaturated/α-hetero) is 1. The summed E-state index contributed by atoms with van der Waals surface area (Å²) in [6.45, 7) is 5.09. The third-order valence-electron chi connectivity index (χ3n) is 4.50. The monoisotopic (exact) mass is 359 g/mol. The smallest absolute Gasteiger partial charge is 0.347 e. The van der Waals surface area contributed by atoms with Crippen molar-refractivity contribution in [1.29, 1.82) is 0 Å². The number of benzene rings is 1. The van der Waals surface area contributed by atoms with Gasteiger partial charge in [-0.1, -0.05) is 0 Å². The van der Waals surface area contributed by atoms with E-state index in [2.05, 4.69) is 4.57 Å². The standard InChI is InChI=1S/C20H22FNO4/c1-12-10-18(13(2)22(12)16-6-7-16)19(23)11-25-20(24)14(3)26-17-8-4-15(21)5-9-17/h4-5,8-10,14,16H,6-7,11H2,1-3H3/t14-/m1/s1. The summed E-state index contributed by atoms with van der Waals surface area (Å²) < 4.78 is 25.6. The SMILES string of the molecule is Cc1cc(C(=O)COC(=O)[C@@H](C)Oc2ccc(F)cc2)c(C)n1C1CC1. The van der Waals surface area contributed by atoms with Crippen LogP contribution in [-0.2, 0) is 9.53 Å². The molecule has 6 heteroatoms. The first-order valence-corrected chi connectivity index (χ1v) is 8.67. The lowest BCUT2D eigenvalue weighted by Gasteiger charge is -2.13. The number of aromatic nitrogens is 1. The number of halogens is 1. The van der Waals surface area contributed by atoms with Crippen molar-refractivity contribution in [2.75, 3.05) is 6.61 Å². The molecule has 1 fully saturated rings. The summed E-state index contributed by atoms with van der Waals surface area (Å²) in [4.78, 5) is 24.5. The molecule has 0 N–H and O–H groups in total. The van der Waals surface area contributed by atoms with Gasteiger partial charge in [-0.05, 0) is 63.9 Å². The number of aryl methyl sites for hydroxylation is 1. The molecule has 3 rings (SSSR count). The quantitative estimate of drug-likeness (QED) is 0.558. The number of esters is 1. The summed E-state index contributed by atoms with van der Waals surface area (Å²) in [6.07, 6.45) is 1.38. The van der Waals surface area contributed by atoms with Crippen LogP contribution in [0.5, 0.6) is 5.75 Å². The maximum Gasteiger partial charge on any atom is 0.347 e. The van der Waals surface area contributed by atoms with Crippen molar-refractivity contribution in [1.82, 2.24) is 4.57 Å². The average molecular weight is 359 g/mol. The molecule has 5 nitrogen and oxygen atoms in total. The van der Waals surface area contributed by atoms with E-state index in [0.29, 0.717) is 17.4 Å². The molecule has 1 aliphatic carbocycles. The minimum Gasteiger partial charge on any atom is -0.479 e. The van der Waals surface area contributed by atoms with Crippen LogP contribution in [0.1, 0.15) is 47.6 Å². The minimum atomic E-state index is -0.896. The molecule has 138 valence electrons.